The number of aromatic carboxylic acids is 1. The van der Waals surface area contributed by atoms with Crippen LogP contribution in [-0.4, -0.2) is 26.3 Å². The molecule has 1 aromatic heterocycles. The van der Waals surface area contributed by atoms with Crippen LogP contribution in [0.5, 0.6) is 0 Å². The van der Waals surface area contributed by atoms with Crippen molar-refractivity contribution in [3.8, 4) is 0 Å². The maximum Gasteiger partial charge on any atom is 0.342 e. The lowest BCUT2D eigenvalue weighted by molar-refractivity contribution is 0.0693. The van der Waals surface area contributed by atoms with Crippen LogP contribution in [0.4, 0.5) is 5.69 Å². The van der Waals surface area contributed by atoms with Gasteiger partial charge < -0.3 is 5.11 Å². The van der Waals surface area contributed by atoms with E-state index in [-0.39, 0.29) is 11.6 Å². The monoisotopic (exact) mass is 352 g/mol. The Morgan fingerprint density at radius 2 is 2.00 bits per heavy atom. The van der Waals surface area contributed by atoms with E-state index < -0.39 is 11.5 Å². The minimum atomic E-state index is -1.26. The van der Waals surface area contributed by atoms with Crippen molar-refractivity contribution in [2.24, 2.45) is 5.10 Å². The number of hydrazone groups is 1. The molecule has 26 heavy (non-hydrogen) atoms. The summed E-state index contributed by atoms with van der Waals surface area (Å²) in [5, 5.41) is 13.6. The topological polar surface area (TPSA) is 96.6 Å². The summed E-state index contributed by atoms with van der Waals surface area (Å²) in [5.74, 6) is -0.120. The Morgan fingerprint density at radius 3 is 2.65 bits per heavy atom. The zero-order valence-electron chi connectivity index (χ0n) is 14.5. The number of fused-ring (bicyclic) bond motifs is 1. The van der Waals surface area contributed by atoms with Crippen LogP contribution in [0.25, 0.3) is 0 Å². The van der Waals surface area contributed by atoms with E-state index in [2.05, 4.69) is 27.6 Å². The molecule has 134 valence electrons. The molecule has 1 aromatic carbocycles. The highest BCUT2D eigenvalue weighted by Gasteiger charge is 2.26. The van der Waals surface area contributed by atoms with Crippen LogP contribution in [0.15, 0.2) is 40.4 Å². The molecule has 0 radical (unpaired) electrons. The molecule has 1 unspecified atom stereocenters. The zero-order chi connectivity index (χ0) is 18.3. The Bertz CT molecular complexity index is 942. The van der Waals surface area contributed by atoms with Crippen LogP contribution in [0.3, 0.4) is 0 Å². The smallest absolute Gasteiger partial charge is 0.342 e. The first-order valence-corrected chi connectivity index (χ1v) is 8.82. The Morgan fingerprint density at radius 1 is 1.27 bits per heavy atom. The molecule has 7 heteroatoms. The number of carbonyl (C=O) groups is 1. The van der Waals surface area contributed by atoms with Gasteiger partial charge in [0.1, 0.15) is 11.3 Å². The van der Waals surface area contributed by atoms with Gasteiger partial charge in [-0.3, -0.25) is 14.8 Å². The normalized spacial score (nSPS) is 20.7. The van der Waals surface area contributed by atoms with Gasteiger partial charge in [-0.1, -0.05) is 12.1 Å². The Balaban J connectivity index is 1.63. The van der Waals surface area contributed by atoms with E-state index >= 15 is 0 Å². The van der Waals surface area contributed by atoms with Gasteiger partial charge in [0.15, 0.2) is 5.82 Å². The van der Waals surface area contributed by atoms with Crippen LogP contribution >= 0.6 is 0 Å². The van der Waals surface area contributed by atoms with E-state index in [0.29, 0.717) is 30.3 Å². The van der Waals surface area contributed by atoms with Gasteiger partial charge in [0.05, 0.1) is 5.69 Å². The predicted molar refractivity (Wildman–Crippen MR) is 98.0 cm³/mol. The third kappa shape index (κ3) is 3.00. The first-order valence-electron chi connectivity index (χ1n) is 8.82. The number of carboxylic acid groups (broad SMARTS) is 1. The largest absolute Gasteiger partial charge is 0.477 e. The van der Waals surface area contributed by atoms with Crippen molar-refractivity contribution in [2.75, 3.05) is 5.43 Å². The number of hydrogen-bond donors (Lipinski definition) is 2. The van der Waals surface area contributed by atoms with Gasteiger partial charge in [-0.2, -0.15) is 5.10 Å². The van der Waals surface area contributed by atoms with Crippen LogP contribution in [0.1, 0.15) is 66.3 Å². The van der Waals surface area contributed by atoms with E-state index in [1.807, 2.05) is 19.1 Å². The average Bonchev–Trinajstić information content (AvgIpc) is 3.46. The van der Waals surface area contributed by atoms with Gasteiger partial charge >= 0.3 is 5.97 Å². The summed E-state index contributed by atoms with van der Waals surface area (Å²) in [5.41, 5.74) is 5.07. The molecular weight excluding hydrogens is 332 g/mol. The molecule has 2 aromatic rings. The number of anilines is 1. The first kappa shape index (κ1) is 16.5. The molecule has 0 saturated heterocycles. The standard InChI is InChI=1S/C19H20N4O3/c1-11-2-9-16(17-20-10-15(19(25)26)18(24)23(11)17)22-21-14-7-5-13(6-8-14)12-3-4-12/h5-8,10-12,21H,2-4,9H2,1H3,(H,25,26)/b22-16+. The van der Waals surface area contributed by atoms with E-state index in [1.54, 1.807) is 0 Å². The quantitative estimate of drug-likeness (QED) is 0.825. The van der Waals surface area contributed by atoms with E-state index in [9.17, 15) is 9.59 Å². The second-order valence-electron chi connectivity index (χ2n) is 6.93. The molecule has 2 heterocycles. The van der Waals surface area contributed by atoms with Gasteiger partial charge in [0.25, 0.3) is 5.56 Å². The molecule has 2 aliphatic rings. The van der Waals surface area contributed by atoms with Gasteiger partial charge in [0, 0.05) is 12.2 Å². The molecule has 1 saturated carbocycles. The van der Waals surface area contributed by atoms with E-state index in [1.165, 1.54) is 23.0 Å². The van der Waals surface area contributed by atoms with E-state index in [0.717, 1.165) is 11.9 Å². The van der Waals surface area contributed by atoms with Crippen molar-refractivity contribution in [3.05, 3.63) is 57.8 Å². The number of carboxylic acids is 1. The summed E-state index contributed by atoms with van der Waals surface area (Å²) in [7, 11) is 0. The number of aromatic nitrogens is 2. The minimum Gasteiger partial charge on any atom is -0.477 e. The van der Waals surface area contributed by atoms with Gasteiger partial charge in [-0.15, -0.1) is 0 Å². The van der Waals surface area contributed by atoms with Crippen LogP contribution in [-0.2, 0) is 0 Å². The molecular formula is C19H20N4O3. The second-order valence-corrected chi connectivity index (χ2v) is 6.93. The maximum atomic E-state index is 12.5. The molecule has 4 rings (SSSR count). The lowest BCUT2D eigenvalue weighted by atomic mass is 10.0. The number of benzene rings is 1. The van der Waals surface area contributed by atoms with Crippen molar-refractivity contribution < 1.29 is 9.90 Å². The molecule has 7 nitrogen and oxygen atoms in total. The highest BCUT2D eigenvalue weighted by Crippen LogP contribution is 2.40. The summed E-state index contributed by atoms with van der Waals surface area (Å²) < 4.78 is 1.43. The third-order valence-electron chi connectivity index (χ3n) is 5.00. The molecule has 2 N–H and O–H groups in total. The van der Waals surface area contributed by atoms with Crippen molar-refractivity contribution in [1.29, 1.82) is 0 Å². The summed E-state index contributed by atoms with van der Waals surface area (Å²) in [4.78, 5) is 27.9. The fourth-order valence-electron chi connectivity index (χ4n) is 3.31. The molecule has 1 fully saturated rings. The lowest BCUT2D eigenvalue weighted by Gasteiger charge is -2.25. The summed E-state index contributed by atoms with van der Waals surface area (Å²) in [6, 6.07) is 8.10. The number of nitrogens with one attached hydrogen (secondary N) is 1. The summed E-state index contributed by atoms with van der Waals surface area (Å²) in [6.07, 6.45) is 5.03. The molecule has 0 spiro atoms. The van der Waals surface area contributed by atoms with Gasteiger partial charge in [-0.25, -0.2) is 9.78 Å². The van der Waals surface area contributed by atoms with Gasteiger partial charge in [0.2, 0.25) is 0 Å². The minimum absolute atomic E-state index is 0.110. The lowest BCUT2D eigenvalue weighted by Crippen LogP contribution is -2.37. The highest BCUT2D eigenvalue weighted by atomic mass is 16.4. The molecule has 1 aliphatic heterocycles. The maximum absolute atomic E-state index is 12.5. The van der Waals surface area contributed by atoms with Gasteiger partial charge in [-0.05, 0) is 56.2 Å². The van der Waals surface area contributed by atoms with E-state index in [4.69, 9.17) is 5.11 Å². The van der Waals surface area contributed by atoms with Crippen LogP contribution < -0.4 is 11.0 Å². The van der Waals surface area contributed by atoms with Crippen molar-refractivity contribution >= 4 is 17.4 Å². The molecule has 0 amide bonds. The SMILES string of the molecule is CC1CC/C(=N\Nc2ccc(C3CC3)cc2)c2ncc(C(=O)O)c(=O)n21. The Labute approximate surface area is 150 Å². The van der Waals surface area contributed by atoms with Crippen molar-refractivity contribution in [2.45, 2.75) is 44.6 Å². The molecule has 1 aliphatic carbocycles. The van der Waals surface area contributed by atoms with Crippen molar-refractivity contribution in [1.82, 2.24) is 9.55 Å². The summed E-state index contributed by atoms with van der Waals surface area (Å²) in [6.45, 7) is 1.89. The second kappa shape index (κ2) is 6.40. The van der Waals surface area contributed by atoms with Crippen LogP contribution in [0, 0.1) is 0 Å². The van der Waals surface area contributed by atoms with Crippen LogP contribution in [0.2, 0.25) is 0 Å². The van der Waals surface area contributed by atoms with Crippen molar-refractivity contribution in [3.63, 3.8) is 0 Å². The number of rotatable bonds is 4. The fraction of sp³-hybridized carbons (Fsp3) is 0.368. The number of hydrogen-bond acceptors (Lipinski definition) is 5. The molecule has 1 atom stereocenters. The molecule has 0 bridgehead atoms. The Kier molecular flexibility index (Phi) is 4.06. The average molecular weight is 352 g/mol. The first-order chi connectivity index (χ1) is 12.5. The Hall–Kier alpha value is -2.96. The predicted octanol–water partition coefficient (Wildman–Crippen LogP) is 2.99. The zero-order valence-corrected chi connectivity index (χ0v) is 14.5. The number of nitrogens with zero attached hydrogens (tertiary/aromatic N) is 3. The third-order valence-corrected chi connectivity index (χ3v) is 5.00. The summed E-state index contributed by atoms with van der Waals surface area (Å²) >= 11 is 0. The highest BCUT2D eigenvalue weighted by molar-refractivity contribution is 5.99. The fourth-order valence-corrected chi connectivity index (χ4v) is 3.31.